The molecule has 0 unspecified atom stereocenters. The smallest absolute Gasteiger partial charge is 0.191 e. The van der Waals surface area contributed by atoms with Gasteiger partial charge in [-0.3, -0.25) is 0 Å². The molecule has 1 aromatic carbocycles. The highest BCUT2D eigenvalue weighted by atomic mass is 16.5. The summed E-state index contributed by atoms with van der Waals surface area (Å²) < 4.78 is 7.07. The molecule has 8 heteroatoms. The van der Waals surface area contributed by atoms with Crippen molar-refractivity contribution < 1.29 is 4.74 Å². The van der Waals surface area contributed by atoms with Gasteiger partial charge in [-0.1, -0.05) is 12.1 Å². The van der Waals surface area contributed by atoms with E-state index in [1.165, 1.54) is 22.0 Å². The van der Waals surface area contributed by atoms with Gasteiger partial charge in [0, 0.05) is 44.3 Å². The molecule has 2 aromatic heterocycles. The SMILES string of the molecule is COCCNC(=NCc1nnc(C)n1C)NCCc1c[nH]c2cc(C)ccc12. The number of hydrogen-bond acceptors (Lipinski definition) is 4. The summed E-state index contributed by atoms with van der Waals surface area (Å²) in [6, 6.07) is 6.50. The minimum absolute atomic E-state index is 0.464. The number of aromatic amines is 1. The summed E-state index contributed by atoms with van der Waals surface area (Å²) in [6.07, 6.45) is 2.99. The Morgan fingerprint density at radius 2 is 2.04 bits per heavy atom. The second kappa shape index (κ2) is 9.36. The largest absolute Gasteiger partial charge is 0.383 e. The van der Waals surface area contributed by atoms with E-state index in [4.69, 9.17) is 4.74 Å². The molecule has 150 valence electrons. The minimum atomic E-state index is 0.464. The summed E-state index contributed by atoms with van der Waals surface area (Å²) in [6.45, 7) is 6.58. The zero-order chi connectivity index (χ0) is 19.9. The molecule has 0 saturated heterocycles. The van der Waals surface area contributed by atoms with Crippen LogP contribution in [-0.4, -0.2) is 52.5 Å². The quantitative estimate of drug-likeness (QED) is 0.314. The van der Waals surface area contributed by atoms with Crippen LogP contribution in [-0.2, 0) is 24.8 Å². The summed E-state index contributed by atoms with van der Waals surface area (Å²) in [4.78, 5) is 8.00. The van der Waals surface area contributed by atoms with Gasteiger partial charge in [-0.25, -0.2) is 4.99 Å². The summed E-state index contributed by atoms with van der Waals surface area (Å²) in [5.74, 6) is 2.45. The fourth-order valence-corrected chi connectivity index (χ4v) is 3.01. The molecule has 0 fully saturated rings. The van der Waals surface area contributed by atoms with Crippen molar-refractivity contribution in [1.82, 2.24) is 30.4 Å². The van der Waals surface area contributed by atoms with Crippen LogP contribution in [0.25, 0.3) is 10.9 Å². The molecule has 3 rings (SSSR count). The molecular weight excluding hydrogens is 354 g/mol. The fourth-order valence-electron chi connectivity index (χ4n) is 3.01. The van der Waals surface area contributed by atoms with Gasteiger partial charge in [0.15, 0.2) is 11.8 Å². The molecule has 2 heterocycles. The zero-order valence-electron chi connectivity index (χ0n) is 17.0. The molecule has 0 aliphatic rings. The molecule has 3 aromatic rings. The molecule has 0 spiro atoms. The van der Waals surface area contributed by atoms with Crippen LogP contribution in [0.1, 0.15) is 22.8 Å². The van der Waals surface area contributed by atoms with Crippen molar-refractivity contribution in [3.63, 3.8) is 0 Å². The van der Waals surface area contributed by atoms with E-state index in [1.807, 2.05) is 18.5 Å². The Morgan fingerprint density at radius 1 is 1.21 bits per heavy atom. The van der Waals surface area contributed by atoms with E-state index in [0.717, 1.165) is 30.6 Å². The number of rotatable bonds is 8. The van der Waals surface area contributed by atoms with Crippen molar-refractivity contribution in [3.8, 4) is 0 Å². The standard InChI is InChI=1S/C20H29N7O/c1-14-5-6-17-16(12-23-18(17)11-14)7-8-21-20(22-9-10-28-4)24-13-19-26-25-15(2)27(19)3/h5-6,11-12,23H,7-10,13H2,1-4H3,(H2,21,22,24). The van der Waals surface area contributed by atoms with Gasteiger partial charge in [0.2, 0.25) is 0 Å². The third-order valence-electron chi connectivity index (χ3n) is 4.77. The van der Waals surface area contributed by atoms with Crippen LogP contribution in [0.4, 0.5) is 0 Å². The van der Waals surface area contributed by atoms with Crippen LogP contribution in [0.15, 0.2) is 29.4 Å². The highest BCUT2D eigenvalue weighted by Gasteiger charge is 2.07. The Kier molecular flexibility index (Phi) is 6.65. The lowest BCUT2D eigenvalue weighted by Crippen LogP contribution is -2.40. The predicted molar refractivity (Wildman–Crippen MR) is 112 cm³/mol. The maximum Gasteiger partial charge on any atom is 0.191 e. The maximum absolute atomic E-state index is 5.12. The molecule has 0 amide bonds. The number of H-pyrrole nitrogens is 1. The summed E-state index contributed by atoms with van der Waals surface area (Å²) in [5.41, 5.74) is 3.73. The molecule has 0 aliphatic carbocycles. The van der Waals surface area contributed by atoms with Crippen LogP contribution in [0, 0.1) is 13.8 Å². The van der Waals surface area contributed by atoms with Crippen LogP contribution >= 0.6 is 0 Å². The van der Waals surface area contributed by atoms with E-state index >= 15 is 0 Å². The monoisotopic (exact) mass is 383 g/mol. The minimum Gasteiger partial charge on any atom is -0.383 e. The van der Waals surface area contributed by atoms with Gasteiger partial charge >= 0.3 is 0 Å². The normalized spacial score (nSPS) is 11.9. The molecule has 0 aliphatic heterocycles. The molecule has 0 bridgehead atoms. The number of benzene rings is 1. The first-order chi connectivity index (χ1) is 13.6. The number of ether oxygens (including phenoxy) is 1. The van der Waals surface area contributed by atoms with Gasteiger partial charge in [-0.15, -0.1) is 10.2 Å². The zero-order valence-corrected chi connectivity index (χ0v) is 17.0. The van der Waals surface area contributed by atoms with Crippen molar-refractivity contribution in [3.05, 3.63) is 47.2 Å². The van der Waals surface area contributed by atoms with Crippen LogP contribution in [0.5, 0.6) is 0 Å². The number of nitrogens with one attached hydrogen (secondary N) is 3. The highest BCUT2D eigenvalue weighted by Crippen LogP contribution is 2.19. The topological polar surface area (TPSA) is 92.2 Å². The number of aryl methyl sites for hydroxylation is 2. The summed E-state index contributed by atoms with van der Waals surface area (Å²) >= 11 is 0. The maximum atomic E-state index is 5.12. The van der Waals surface area contributed by atoms with E-state index in [2.05, 4.69) is 62.1 Å². The van der Waals surface area contributed by atoms with Crippen molar-refractivity contribution >= 4 is 16.9 Å². The van der Waals surface area contributed by atoms with Crippen molar-refractivity contribution in [1.29, 1.82) is 0 Å². The van der Waals surface area contributed by atoms with Gasteiger partial charge in [0.1, 0.15) is 12.4 Å². The Balaban J connectivity index is 1.61. The first-order valence-electron chi connectivity index (χ1n) is 9.51. The van der Waals surface area contributed by atoms with Crippen molar-refractivity contribution in [2.75, 3.05) is 26.8 Å². The third kappa shape index (κ3) is 4.89. The second-order valence-corrected chi connectivity index (χ2v) is 6.85. The third-order valence-corrected chi connectivity index (χ3v) is 4.77. The van der Waals surface area contributed by atoms with E-state index in [9.17, 15) is 0 Å². The second-order valence-electron chi connectivity index (χ2n) is 6.85. The average Bonchev–Trinajstić information content (AvgIpc) is 3.23. The molecule has 0 radical (unpaired) electrons. The number of methoxy groups -OCH3 is 1. The lowest BCUT2D eigenvalue weighted by atomic mass is 10.1. The number of guanidine groups is 1. The van der Waals surface area contributed by atoms with Gasteiger partial charge in [0.25, 0.3) is 0 Å². The molecular formula is C20H29N7O. The van der Waals surface area contributed by atoms with Gasteiger partial charge in [0.05, 0.1) is 6.61 Å². The number of nitrogens with zero attached hydrogens (tertiary/aromatic N) is 4. The first-order valence-corrected chi connectivity index (χ1v) is 9.51. The van der Waals surface area contributed by atoms with Crippen LogP contribution < -0.4 is 10.6 Å². The molecule has 0 atom stereocenters. The first kappa shape index (κ1) is 19.9. The molecule has 8 nitrogen and oxygen atoms in total. The lowest BCUT2D eigenvalue weighted by molar-refractivity contribution is 0.203. The molecule has 0 saturated carbocycles. The van der Waals surface area contributed by atoms with Crippen LogP contribution in [0.2, 0.25) is 0 Å². The fraction of sp³-hybridized carbons (Fsp3) is 0.450. The molecule has 3 N–H and O–H groups in total. The Hall–Kier alpha value is -2.87. The van der Waals surface area contributed by atoms with Crippen molar-refractivity contribution in [2.45, 2.75) is 26.8 Å². The van der Waals surface area contributed by atoms with Gasteiger partial charge in [-0.05, 0) is 37.5 Å². The molecule has 28 heavy (non-hydrogen) atoms. The summed E-state index contributed by atoms with van der Waals surface area (Å²) in [5, 5.41) is 16.2. The highest BCUT2D eigenvalue weighted by molar-refractivity contribution is 5.84. The predicted octanol–water partition coefficient (Wildman–Crippen LogP) is 1.84. The number of aliphatic imine (C=N–C) groups is 1. The number of aromatic nitrogens is 4. The van der Waals surface area contributed by atoms with Gasteiger partial charge in [-0.2, -0.15) is 0 Å². The van der Waals surface area contributed by atoms with E-state index in [-0.39, 0.29) is 0 Å². The number of fused-ring (bicyclic) bond motifs is 1. The Bertz CT molecular complexity index is 941. The van der Waals surface area contributed by atoms with E-state index < -0.39 is 0 Å². The van der Waals surface area contributed by atoms with Gasteiger partial charge < -0.3 is 24.9 Å². The van der Waals surface area contributed by atoms with E-state index in [0.29, 0.717) is 19.7 Å². The van der Waals surface area contributed by atoms with E-state index in [1.54, 1.807) is 7.11 Å². The average molecular weight is 384 g/mol. The number of hydrogen-bond donors (Lipinski definition) is 3. The van der Waals surface area contributed by atoms with Crippen molar-refractivity contribution in [2.24, 2.45) is 12.0 Å². The lowest BCUT2D eigenvalue weighted by Gasteiger charge is -2.12. The Labute approximate surface area is 165 Å². The van der Waals surface area contributed by atoms with Crippen LogP contribution in [0.3, 0.4) is 0 Å². The Morgan fingerprint density at radius 3 is 2.79 bits per heavy atom. The summed E-state index contributed by atoms with van der Waals surface area (Å²) in [7, 11) is 3.64.